The third-order valence-electron chi connectivity index (χ3n) is 4.90. The number of nitrogens with zero attached hydrogens (tertiary/aromatic N) is 1. The average Bonchev–Trinajstić information content (AvgIpc) is 2.55. The van der Waals surface area contributed by atoms with Gasteiger partial charge in [0.1, 0.15) is 0 Å². The number of hydrogen-bond donors (Lipinski definition) is 2. The normalized spacial score (nSPS) is 30.8. The Kier molecular flexibility index (Phi) is 3.96. The number of carbonyl (C=O) groups excluding carboxylic acids is 1. The number of pyridine rings is 1. The van der Waals surface area contributed by atoms with Gasteiger partial charge in [0.15, 0.2) is 0 Å². The van der Waals surface area contributed by atoms with Crippen LogP contribution in [0.5, 0.6) is 0 Å². The van der Waals surface area contributed by atoms with Crippen molar-refractivity contribution in [1.82, 2.24) is 10.3 Å². The van der Waals surface area contributed by atoms with Crippen LogP contribution in [0.3, 0.4) is 0 Å². The van der Waals surface area contributed by atoms with Gasteiger partial charge in [0.2, 0.25) is 5.91 Å². The summed E-state index contributed by atoms with van der Waals surface area (Å²) in [5.41, 5.74) is 0.965. The largest absolute Gasteiger partial charge is 0.481 e. The molecule has 1 amide bonds. The molecule has 2 bridgehead atoms. The highest BCUT2D eigenvalue weighted by atomic mass is 16.4. The third kappa shape index (κ3) is 2.63. The van der Waals surface area contributed by atoms with E-state index in [0.29, 0.717) is 0 Å². The number of fused-ring (bicyclic) bond motifs is 2. The third-order valence-corrected chi connectivity index (χ3v) is 4.90. The minimum Gasteiger partial charge on any atom is -0.481 e. The van der Waals surface area contributed by atoms with Gasteiger partial charge in [-0.05, 0) is 49.3 Å². The number of amides is 1. The molecule has 0 saturated heterocycles. The molecule has 5 heteroatoms. The summed E-state index contributed by atoms with van der Waals surface area (Å²) in [6.07, 6.45) is 9.12. The Hall–Kier alpha value is -2.17. The summed E-state index contributed by atoms with van der Waals surface area (Å²) in [6, 6.07) is 3.55. The van der Waals surface area contributed by atoms with E-state index in [2.05, 4.69) is 10.3 Å². The fourth-order valence-corrected chi connectivity index (χ4v) is 3.73. The van der Waals surface area contributed by atoms with Crippen LogP contribution >= 0.6 is 0 Å². The quantitative estimate of drug-likeness (QED) is 0.835. The van der Waals surface area contributed by atoms with E-state index in [1.165, 1.54) is 0 Å². The number of allylic oxidation sites excluding steroid dienone is 2. The van der Waals surface area contributed by atoms with Crippen molar-refractivity contribution in [2.75, 3.05) is 0 Å². The minimum atomic E-state index is -0.865. The second-order valence-electron chi connectivity index (χ2n) is 6.19. The van der Waals surface area contributed by atoms with Gasteiger partial charge in [-0.2, -0.15) is 0 Å². The summed E-state index contributed by atoms with van der Waals surface area (Å²) in [6.45, 7) is 1.90. The molecule has 1 aromatic heterocycles. The molecule has 0 spiro atoms. The minimum absolute atomic E-state index is 0.0190. The predicted molar refractivity (Wildman–Crippen MR) is 80.8 cm³/mol. The van der Waals surface area contributed by atoms with Gasteiger partial charge >= 0.3 is 5.97 Å². The Balaban J connectivity index is 1.76. The van der Waals surface area contributed by atoms with E-state index >= 15 is 0 Å². The number of carboxylic acids is 1. The van der Waals surface area contributed by atoms with Crippen molar-refractivity contribution in [2.45, 2.75) is 25.8 Å². The molecule has 2 N–H and O–H groups in total. The van der Waals surface area contributed by atoms with Gasteiger partial charge in [-0.1, -0.05) is 12.2 Å². The lowest BCUT2D eigenvalue weighted by atomic mass is 9.62. The molecule has 0 aromatic carbocycles. The molecule has 3 aliphatic rings. The lowest BCUT2D eigenvalue weighted by Crippen LogP contribution is -2.49. The number of carbonyl (C=O) groups is 2. The predicted octanol–water partition coefficient (Wildman–Crippen LogP) is 2.17. The van der Waals surface area contributed by atoms with Gasteiger partial charge in [0.05, 0.1) is 17.9 Å². The molecule has 0 aliphatic heterocycles. The maximum Gasteiger partial charge on any atom is 0.307 e. The number of aliphatic carboxylic acids is 1. The highest BCUT2D eigenvalue weighted by Gasteiger charge is 2.48. The van der Waals surface area contributed by atoms with Crippen molar-refractivity contribution in [3.63, 3.8) is 0 Å². The number of carboxylic acid groups (broad SMARTS) is 1. The molecule has 116 valence electrons. The highest BCUT2D eigenvalue weighted by molar-refractivity contribution is 5.86. The Morgan fingerprint density at radius 3 is 2.32 bits per heavy atom. The summed E-state index contributed by atoms with van der Waals surface area (Å²) in [7, 11) is 0. The van der Waals surface area contributed by atoms with Crippen molar-refractivity contribution in [3.8, 4) is 0 Å². The van der Waals surface area contributed by atoms with Crippen LogP contribution in [0.4, 0.5) is 0 Å². The van der Waals surface area contributed by atoms with E-state index in [1.54, 1.807) is 12.4 Å². The van der Waals surface area contributed by atoms with E-state index in [-0.39, 0.29) is 23.8 Å². The fraction of sp³-hybridized carbons (Fsp3) is 0.471. The number of aromatic nitrogens is 1. The van der Waals surface area contributed by atoms with Crippen molar-refractivity contribution >= 4 is 11.9 Å². The maximum absolute atomic E-state index is 12.7. The van der Waals surface area contributed by atoms with Crippen molar-refractivity contribution in [1.29, 1.82) is 0 Å². The van der Waals surface area contributed by atoms with Gasteiger partial charge in [0, 0.05) is 12.4 Å². The molecule has 4 rings (SSSR count). The molecular weight excluding hydrogens is 280 g/mol. The monoisotopic (exact) mass is 300 g/mol. The first-order chi connectivity index (χ1) is 10.6. The van der Waals surface area contributed by atoms with E-state index < -0.39 is 17.8 Å². The van der Waals surface area contributed by atoms with Crippen LogP contribution in [0.2, 0.25) is 0 Å². The van der Waals surface area contributed by atoms with Crippen molar-refractivity contribution in [3.05, 3.63) is 42.2 Å². The van der Waals surface area contributed by atoms with Gasteiger partial charge in [-0.25, -0.2) is 0 Å². The summed E-state index contributed by atoms with van der Waals surface area (Å²) in [4.78, 5) is 28.2. The Bertz CT molecular complexity index is 599. The summed E-state index contributed by atoms with van der Waals surface area (Å²) in [5.74, 6) is -2.07. The fourth-order valence-electron chi connectivity index (χ4n) is 3.73. The molecule has 0 radical (unpaired) electrons. The Morgan fingerprint density at radius 2 is 1.77 bits per heavy atom. The van der Waals surface area contributed by atoms with Crippen LogP contribution in [0.25, 0.3) is 0 Å². The Morgan fingerprint density at radius 1 is 1.18 bits per heavy atom. The van der Waals surface area contributed by atoms with Gasteiger partial charge < -0.3 is 10.4 Å². The van der Waals surface area contributed by atoms with Gasteiger partial charge in [-0.15, -0.1) is 0 Å². The van der Waals surface area contributed by atoms with Crippen LogP contribution in [0, 0.1) is 23.7 Å². The molecule has 5 nitrogen and oxygen atoms in total. The zero-order valence-electron chi connectivity index (χ0n) is 12.5. The maximum atomic E-state index is 12.7. The SMILES string of the molecule is C[C@H](NC(=O)[C@@H]1[C@@H](C(=O)O)[C@H]2C=C[C@@H]1CC2)c1ccncc1. The molecule has 22 heavy (non-hydrogen) atoms. The molecule has 1 saturated carbocycles. The second-order valence-corrected chi connectivity index (χ2v) is 6.19. The molecule has 5 atom stereocenters. The zero-order chi connectivity index (χ0) is 15.7. The molecule has 0 unspecified atom stereocenters. The second kappa shape index (κ2) is 5.91. The lowest BCUT2D eigenvalue weighted by molar-refractivity contribution is -0.153. The highest BCUT2D eigenvalue weighted by Crippen LogP contribution is 2.45. The molecule has 1 aromatic rings. The van der Waals surface area contributed by atoms with E-state index in [9.17, 15) is 14.7 Å². The van der Waals surface area contributed by atoms with Crippen molar-refractivity contribution < 1.29 is 14.7 Å². The van der Waals surface area contributed by atoms with E-state index in [4.69, 9.17) is 0 Å². The van der Waals surface area contributed by atoms with Gasteiger partial charge in [-0.3, -0.25) is 14.6 Å². The molecular formula is C17H20N2O3. The van der Waals surface area contributed by atoms with Crippen LogP contribution in [0.1, 0.15) is 31.4 Å². The van der Waals surface area contributed by atoms with Crippen molar-refractivity contribution in [2.24, 2.45) is 23.7 Å². The molecule has 3 aliphatic carbocycles. The Labute approximate surface area is 129 Å². The first kappa shape index (κ1) is 14.8. The average molecular weight is 300 g/mol. The number of hydrogen-bond acceptors (Lipinski definition) is 3. The zero-order valence-corrected chi connectivity index (χ0v) is 12.5. The lowest BCUT2D eigenvalue weighted by Gasteiger charge is -2.42. The smallest absolute Gasteiger partial charge is 0.307 e. The van der Waals surface area contributed by atoms with E-state index in [0.717, 1.165) is 18.4 Å². The van der Waals surface area contributed by atoms with Crippen LogP contribution < -0.4 is 5.32 Å². The first-order valence-electron chi connectivity index (χ1n) is 7.69. The van der Waals surface area contributed by atoms with Crippen LogP contribution in [-0.2, 0) is 9.59 Å². The molecule has 1 fully saturated rings. The van der Waals surface area contributed by atoms with E-state index in [1.807, 2.05) is 31.2 Å². The standard InChI is InChI=1S/C17H20N2O3/c1-10(11-6-8-18-9-7-11)19-16(20)14-12-2-4-13(5-3-12)15(14)17(21)22/h2,4,6-10,12-15H,3,5H2,1H3,(H,19,20)(H,21,22)/t10-,12+,13-,14-,15-/m0/s1. The van der Waals surface area contributed by atoms with Crippen LogP contribution in [-0.4, -0.2) is 22.0 Å². The molecule has 1 heterocycles. The number of rotatable bonds is 4. The van der Waals surface area contributed by atoms with Crippen LogP contribution in [0.15, 0.2) is 36.7 Å². The summed E-state index contributed by atoms with van der Waals surface area (Å²) >= 11 is 0. The van der Waals surface area contributed by atoms with Gasteiger partial charge in [0.25, 0.3) is 0 Å². The summed E-state index contributed by atoms with van der Waals surface area (Å²) < 4.78 is 0. The first-order valence-corrected chi connectivity index (χ1v) is 7.69. The number of nitrogens with one attached hydrogen (secondary N) is 1. The summed E-state index contributed by atoms with van der Waals surface area (Å²) in [5, 5.41) is 12.5. The topological polar surface area (TPSA) is 79.3 Å².